The summed E-state index contributed by atoms with van der Waals surface area (Å²) in [5.74, 6) is -2.99. The number of carbonyl (C=O) groups excluding carboxylic acids is 2. The van der Waals surface area contributed by atoms with Crippen molar-refractivity contribution in [2.24, 2.45) is 0 Å². The second-order valence-corrected chi connectivity index (χ2v) is 6.30. The number of rotatable bonds is 10. The molecule has 0 saturated heterocycles. The van der Waals surface area contributed by atoms with E-state index in [1.54, 1.807) is 0 Å². The number of unbranched alkanes of at least 4 members (excludes halogenated alkanes) is 3. The average Bonchev–Trinajstić information content (AvgIpc) is 2.33. The van der Waals surface area contributed by atoms with Crippen LogP contribution < -0.4 is 34.7 Å². The van der Waals surface area contributed by atoms with Crippen molar-refractivity contribution in [3.05, 3.63) is 0 Å². The van der Waals surface area contributed by atoms with E-state index in [0.29, 0.717) is 6.42 Å². The molecule has 0 fully saturated rings. The van der Waals surface area contributed by atoms with Crippen LogP contribution in [0.1, 0.15) is 52.4 Å². The van der Waals surface area contributed by atoms with Gasteiger partial charge >= 0.3 is 35.5 Å². The van der Waals surface area contributed by atoms with E-state index >= 15 is 0 Å². The Morgan fingerprint density at radius 3 is 2.14 bits per heavy atom. The van der Waals surface area contributed by atoms with Gasteiger partial charge in [0, 0.05) is 12.4 Å². The molecule has 0 radical (unpaired) electrons. The van der Waals surface area contributed by atoms with Gasteiger partial charge in [0.05, 0.1) is 6.61 Å². The van der Waals surface area contributed by atoms with Gasteiger partial charge in [-0.2, -0.15) is 8.42 Å². The van der Waals surface area contributed by atoms with Crippen LogP contribution >= 0.6 is 0 Å². The normalized spacial score (nSPS) is 13.9. The van der Waals surface area contributed by atoms with Crippen LogP contribution in [-0.4, -0.2) is 36.3 Å². The van der Waals surface area contributed by atoms with Crippen molar-refractivity contribution in [3.63, 3.8) is 0 Å². The average molecular weight is 332 g/mol. The maximum atomic E-state index is 11.9. The van der Waals surface area contributed by atoms with Crippen molar-refractivity contribution in [1.82, 2.24) is 0 Å². The number of esters is 1. The molecule has 1 N–H and O–H groups in total. The molecule has 0 aliphatic heterocycles. The minimum atomic E-state index is -4.91. The van der Waals surface area contributed by atoms with Crippen molar-refractivity contribution >= 4 is 22.1 Å². The van der Waals surface area contributed by atoms with Crippen molar-refractivity contribution in [2.75, 3.05) is 6.61 Å². The summed E-state index contributed by atoms with van der Waals surface area (Å²) >= 11 is 0. The third kappa shape index (κ3) is 7.10. The Morgan fingerprint density at radius 2 is 1.76 bits per heavy atom. The molecule has 0 aliphatic rings. The van der Waals surface area contributed by atoms with Crippen LogP contribution in [0.2, 0.25) is 0 Å². The first-order chi connectivity index (χ1) is 9.21. The second kappa shape index (κ2) is 10.6. The summed E-state index contributed by atoms with van der Waals surface area (Å²) < 4.78 is 34.2. The minimum absolute atomic E-state index is 0. The predicted octanol–water partition coefficient (Wildman–Crippen LogP) is -2.71. The molecule has 0 aromatic rings. The summed E-state index contributed by atoms with van der Waals surface area (Å²) in [5, 5.41) is 10.6. The number of ether oxygens (including phenoxy) is 1. The molecule has 0 spiro atoms. The zero-order valence-electron chi connectivity index (χ0n) is 12.8. The fraction of sp³-hybridized carbons (Fsp3) is 0.833. The quantitative estimate of drug-likeness (QED) is 0.200. The Kier molecular flexibility index (Phi) is 11.6. The van der Waals surface area contributed by atoms with Gasteiger partial charge in [0.1, 0.15) is 0 Å². The largest absolute Gasteiger partial charge is 1.00 e. The molecule has 7 nitrogen and oxygen atoms in total. The fourth-order valence-corrected chi connectivity index (χ4v) is 2.71. The van der Waals surface area contributed by atoms with Crippen LogP contribution in [0.3, 0.4) is 0 Å². The molecule has 118 valence electrons. The molecule has 0 amide bonds. The Balaban J connectivity index is 0. The summed E-state index contributed by atoms with van der Waals surface area (Å²) in [7, 11) is -4.91. The molecule has 1 atom stereocenters. The van der Waals surface area contributed by atoms with Gasteiger partial charge in [-0.05, 0) is 12.8 Å². The van der Waals surface area contributed by atoms with Crippen LogP contribution in [0.25, 0.3) is 0 Å². The Hall–Kier alpha value is -0.150. The van der Waals surface area contributed by atoms with Gasteiger partial charge < -0.3 is 14.6 Å². The van der Waals surface area contributed by atoms with Crippen LogP contribution in [0, 0.1) is 0 Å². The number of aliphatic carboxylic acids is 1. The molecule has 0 heterocycles. The maximum absolute atomic E-state index is 11.9. The van der Waals surface area contributed by atoms with Gasteiger partial charge in [-0.15, -0.1) is 0 Å². The number of hydrogen-bond donors (Lipinski definition) is 1. The van der Waals surface area contributed by atoms with E-state index in [4.69, 9.17) is 9.29 Å². The molecule has 9 heteroatoms. The molecule has 0 aromatic carbocycles. The molecule has 0 saturated carbocycles. The number of hydrogen-bond acceptors (Lipinski definition) is 6. The summed E-state index contributed by atoms with van der Waals surface area (Å²) in [6, 6.07) is 0. The SMILES string of the molecule is CCCCCCOC(=O)C(CC)(CC(=O)[O-])S(=O)(=O)O.[Na+]. The Bertz CT molecular complexity index is 435. The minimum Gasteiger partial charge on any atom is -0.550 e. The van der Waals surface area contributed by atoms with Gasteiger partial charge in [-0.1, -0.05) is 33.1 Å². The summed E-state index contributed by atoms with van der Waals surface area (Å²) in [4.78, 5) is 22.5. The molecular weight excluding hydrogens is 311 g/mol. The Labute approximate surface area is 147 Å². The van der Waals surface area contributed by atoms with Crippen LogP contribution in [0.4, 0.5) is 0 Å². The third-order valence-corrected chi connectivity index (χ3v) is 4.69. The van der Waals surface area contributed by atoms with Crippen molar-refractivity contribution in [2.45, 2.75) is 57.1 Å². The molecule has 0 aromatic heterocycles. The van der Waals surface area contributed by atoms with E-state index < -0.39 is 39.6 Å². The first-order valence-electron chi connectivity index (χ1n) is 6.55. The van der Waals surface area contributed by atoms with Gasteiger partial charge in [-0.25, -0.2) is 0 Å². The monoisotopic (exact) mass is 332 g/mol. The van der Waals surface area contributed by atoms with E-state index in [9.17, 15) is 23.1 Å². The first-order valence-corrected chi connectivity index (χ1v) is 7.99. The smallest absolute Gasteiger partial charge is 0.550 e. The zero-order chi connectivity index (χ0) is 15.8. The summed E-state index contributed by atoms with van der Waals surface area (Å²) in [6.45, 7) is 3.28. The molecule has 0 rings (SSSR count). The van der Waals surface area contributed by atoms with Crippen LogP contribution in [-0.2, 0) is 24.4 Å². The van der Waals surface area contributed by atoms with Gasteiger partial charge in [0.15, 0.2) is 4.75 Å². The van der Waals surface area contributed by atoms with Crippen molar-refractivity contribution < 1.29 is 62.0 Å². The molecule has 21 heavy (non-hydrogen) atoms. The summed E-state index contributed by atoms with van der Waals surface area (Å²) in [5.41, 5.74) is 0. The maximum Gasteiger partial charge on any atom is 1.00 e. The van der Waals surface area contributed by atoms with Crippen molar-refractivity contribution in [3.8, 4) is 0 Å². The van der Waals surface area contributed by atoms with Crippen LogP contribution in [0.5, 0.6) is 0 Å². The van der Waals surface area contributed by atoms with E-state index in [-0.39, 0.29) is 36.2 Å². The number of carboxylic acid groups (broad SMARTS) is 1. The Morgan fingerprint density at radius 1 is 1.19 bits per heavy atom. The number of carboxylic acids is 1. The zero-order valence-corrected chi connectivity index (χ0v) is 15.6. The third-order valence-electron chi connectivity index (χ3n) is 3.10. The molecule has 1 unspecified atom stereocenters. The first kappa shape index (κ1) is 23.1. The van der Waals surface area contributed by atoms with Gasteiger partial charge in [-0.3, -0.25) is 9.35 Å². The van der Waals surface area contributed by atoms with Gasteiger partial charge in [0.2, 0.25) is 0 Å². The van der Waals surface area contributed by atoms with E-state index in [0.717, 1.165) is 19.3 Å². The van der Waals surface area contributed by atoms with E-state index in [2.05, 4.69) is 0 Å². The topological polar surface area (TPSA) is 121 Å². The molecular formula is C12H21NaO7S. The van der Waals surface area contributed by atoms with Gasteiger partial charge in [0.25, 0.3) is 10.1 Å². The molecule has 0 bridgehead atoms. The molecule has 0 aliphatic carbocycles. The second-order valence-electron chi connectivity index (χ2n) is 4.57. The van der Waals surface area contributed by atoms with Crippen LogP contribution in [0.15, 0.2) is 0 Å². The fourth-order valence-electron chi connectivity index (χ4n) is 1.78. The predicted molar refractivity (Wildman–Crippen MR) is 69.3 cm³/mol. The van der Waals surface area contributed by atoms with E-state index in [1.807, 2.05) is 6.92 Å². The van der Waals surface area contributed by atoms with Crippen molar-refractivity contribution in [1.29, 1.82) is 0 Å². The van der Waals surface area contributed by atoms with E-state index in [1.165, 1.54) is 6.92 Å². The standard InChI is InChI=1S/C12H22O7S.Na/c1-3-5-6-7-8-19-11(15)12(4-2,9-10(13)14)20(16,17)18;/h3-9H2,1-2H3,(H,13,14)(H,16,17,18);/q;+1/p-1. The number of carbonyl (C=O) groups is 2. The summed E-state index contributed by atoms with van der Waals surface area (Å²) in [6.07, 6.45) is 1.77.